The number of ketones is 1. The van der Waals surface area contributed by atoms with Crippen LogP contribution in [-0.4, -0.2) is 17.1 Å². The summed E-state index contributed by atoms with van der Waals surface area (Å²) in [6.07, 6.45) is 3.65. The molecule has 0 saturated carbocycles. The van der Waals surface area contributed by atoms with Crippen LogP contribution in [0.3, 0.4) is 0 Å². The number of carbonyl (C=O) groups is 1. The second kappa shape index (κ2) is 7.94. The van der Waals surface area contributed by atoms with Crippen molar-refractivity contribution in [3.63, 3.8) is 0 Å². The lowest BCUT2D eigenvalue weighted by atomic mass is 9.76. The fourth-order valence-corrected chi connectivity index (χ4v) is 4.11. The summed E-state index contributed by atoms with van der Waals surface area (Å²) in [5, 5.41) is 10.9. The predicted molar refractivity (Wildman–Crippen MR) is 107 cm³/mol. The van der Waals surface area contributed by atoms with E-state index in [1.54, 1.807) is 0 Å². The summed E-state index contributed by atoms with van der Waals surface area (Å²) >= 11 is 0. The first kappa shape index (κ1) is 20.7. The third-order valence-electron chi connectivity index (χ3n) is 5.49. The summed E-state index contributed by atoms with van der Waals surface area (Å²) in [5.74, 6) is 0.00827. The van der Waals surface area contributed by atoms with Crippen LogP contribution in [0, 0.1) is 0 Å². The normalized spacial score (nSPS) is 16.7. The number of Topliss-reactive ketones (excluding diaryl/α,β-unsaturated/α-hetero) is 1. The summed E-state index contributed by atoms with van der Waals surface area (Å²) in [6, 6.07) is 2.06. The molecule has 0 amide bonds. The first-order chi connectivity index (χ1) is 12.1. The fraction of sp³-hybridized carbons (Fsp3) is 0.609. The first-order valence-corrected chi connectivity index (χ1v) is 9.92. The number of alkyl halides is 1. The topological polar surface area (TPSA) is 37.3 Å². The molecule has 144 valence electrons. The van der Waals surface area contributed by atoms with E-state index >= 15 is 0 Å². The molecule has 2 nitrogen and oxygen atoms in total. The van der Waals surface area contributed by atoms with Crippen molar-refractivity contribution in [1.82, 2.24) is 0 Å². The minimum absolute atomic E-state index is 0.200. The number of phenolic OH excluding ortho intramolecular Hbond substituents is 1. The summed E-state index contributed by atoms with van der Waals surface area (Å²) in [5.41, 5.74) is 5.50. The lowest BCUT2D eigenvalue weighted by Gasteiger charge is -2.29. The zero-order chi connectivity index (χ0) is 19.6. The smallest absolute Gasteiger partial charge is 0.192 e. The van der Waals surface area contributed by atoms with E-state index in [0.717, 1.165) is 53.5 Å². The minimum Gasteiger partial charge on any atom is -0.507 e. The van der Waals surface area contributed by atoms with Crippen LogP contribution in [0.25, 0.3) is 5.57 Å². The zero-order valence-electron chi connectivity index (χ0n) is 17.1. The van der Waals surface area contributed by atoms with E-state index < -0.39 is 12.0 Å². The van der Waals surface area contributed by atoms with E-state index in [0.29, 0.717) is 24.2 Å². The summed E-state index contributed by atoms with van der Waals surface area (Å²) in [4.78, 5) is 12.5. The maximum Gasteiger partial charge on any atom is 0.192 e. The number of hydrogen-bond acceptors (Lipinski definition) is 2. The van der Waals surface area contributed by atoms with E-state index in [-0.39, 0.29) is 5.41 Å². The second-order valence-electron chi connectivity index (χ2n) is 8.38. The van der Waals surface area contributed by atoms with Crippen molar-refractivity contribution in [2.24, 2.45) is 0 Å². The molecule has 0 bridgehead atoms. The van der Waals surface area contributed by atoms with Gasteiger partial charge in [0.25, 0.3) is 0 Å². The maximum absolute atomic E-state index is 13.8. The van der Waals surface area contributed by atoms with Gasteiger partial charge in [0.05, 0.1) is 0 Å². The van der Waals surface area contributed by atoms with Gasteiger partial charge < -0.3 is 5.11 Å². The van der Waals surface area contributed by atoms with Crippen molar-refractivity contribution < 1.29 is 14.3 Å². The molecule has 0 saturated heterocycles. The van der Waals surface area contributed by atoms with Crippen molar-refractivity contribution in [1.29, 1.82) is 0 Å². The van der Waals surface area contributed by atoms with E-state index in [4.69, 9.17) is 0 Å². The number of rotatable bonds is 5. The molecular weight excluding hydrogens is 327 g/mol. The summed E-state index contributed by atoms with van der Waals surface area (Å²) < 4.78 is 13.8. The quantitative estimate of drug-likeness (QED) is 0.647. The predicted octanol–water partition coefficient (Wildman–Crippen LogP) is 6.07. The molecule has 1 N–H and O–H groups in total. The molecule has 1 atom stereocenters. The molecule has 0 aromatic heterocycles. The van der Waals surface area contributed by atoms with Gasteiger partial charge in [-0.05, 0) is 79.2 Å². The Bertz CT molecular complexity index is 721. The highest BCUT2D eigenvalue weighted by Crippen LogP contribution is 2.43. The Hall–Kier alpha value is -1.64. The van der Waals surface area contributed by atoms with Gasteiger partial charge in [-0.25, -0.2) is 4.39 Å². The largest absolute Gasteiger partial charge is 0.507 e. The molecule has 0 heterocycles. The average molecular weight is 361 g/mol. The number of fused-ring (bicyclic) bond motifs is 1. The van der Waals surface area contributed by atoms with Gasteiger partial charge in [-0.1, -0.05) is 34.6 Å². The van der Waals surface area contributed by atoms with Crippen molar-refractivity contribution in [3.8, 4) is 5.75 Å². The van der Waals surface area contributed by atoms with Crippen LogP contribution in [0.4, 0.5) is 4.39 Å². The molecule has 0 radical (unpaired) electrons. The molecular formula is C23H33FO2. The van der Waals surface area contributed by atoms with E-state index in [9.17, 15) is 14.3 Å². The monoisotopic (exact) mass is 360 g/mol. The van der Waals surface area contributed by atoms with Crippen LogP contribution >= 0.6 is 0 Å². The Morgan fingerprint density at radius 1 is 1.15 bits per heavy atom. The highest BCUT2D eigenvalue weighted by molar-refractivity contribution is 6.05. The Kier molecular flexibility index (Phi) is 6.31. The van der Waals surface area contributed by atoms with Crippen LogP contribution in [0.5, 0.6) is 5.75 Å². The molecule has 3 heteroatoms. The van der Waals surface area contributed by atoms with Gasteiger partial charge in [0, 0.05) is 11.1 Å². The van der Waals surface area contributed by atoms with Gasteiger partial charge >= 0.3 is 0 Å². The number of benzene rings is 1. The number of halogens is 1. The van der Waals surface area contributed by atoms with Gasteiger partial charge in [0.15, 0.2) is 12.0 Å². The standard InChI is InChI=1S/C23H33FO2/c1-7-15(16(8-2)21(25)14(3)24)19-13-20(23(4,5)6)22(26)18-12-10-9-11-17(18)19/h13-14,26H,7-12H2,1-6H3. The van der Waals surface area contributed by atoms with E-state index in [2.05, 4.69) is 26.8 Å². The minimum atomic E-state index is -1.48. The van der Waals surface area contributed by atoms with Gasteiger partial charge in [-0.2, -0.15) is 0 Å². The molecule has 1 aliphatic carbocycles. The zero-order valence-corrected chi connectivity index (χ0v) is 17.1. The van der Waals surface area contributed by atoms with Crippen molar-refractivity contribution >= 4 is 11.4 Å². The highest BCUT2D eigenvalue weighted by Gasteiger charge is 2.28. The van der Waals surface area contributed by atoms with Crippen LogP contribution in [-0.2, 0) is 23.1 Å². The lowest BCUT2D eigenvalue weighted by Crippen LogP contribution is -2.18. The van der Waals surface area contributed by atoms with Gasteiger partial charge in [-0.15, -0.1) is 0 Å². The molecule has 26 heavy (non-hydrogen) atoms. The molecule has 1 aliphatic rings. The van der Waals surface area contributed by atoms with Crippen molar-refractivity contribution in [3.05, 3.63) is 33.9 Å². The SMILES string of the molecule is CCC(C(=O)C(C)F)=C(CC)c1cc(C(C)(C)C)c(O)c2c1CCCC2. The van der Waals surface area contributed by atoms with Gasteiger partial charge in [-0.3, -0.25) is 4.79 Å². The Balaban J connectivity index is 2.83. The first-order valence-electron chi connectivity index (χ1n) is 9.92. The second-order valence-corrected chi connectivity index (χ2v) is 8.38. The number of allylic oxidation sites excluding steroid dienone is 2. The summed E-state index contributed by atoms with van der Waals surface area (Å²) in [6.45, 7) is 11.5. The number of hydrogen-bond donors (Lipinski definition) is 1. The third kappa shape index (κ3) is 3.87. The van der Waals surface area contributed by atoms with Crippen LogP contribution in [0.15, 0.2) is 11.6 Å². The van der Waals surface area contributed by atoms with E-state index in [1.165, 1.54) is 6.92 Å². The van der Waals surface area contributed by atoms with Gasteiger partial charge in [0.2, 0.25) is 0 Å². The average Bonchev–Trinajstić information content (AvgIpc) is 2.59. The van der Waals surface area contributed by atoms with E-state index in [1.807, 2.05) is 13.8 Å². The molecule has 1 aromatic carbocycles. The van der Waals surface area contributed by atoms with Crippen molar-refractivity contribution in [2.45, 2.75) is 91.7 Å². The number of aromatic hydroxyl groups is 1. The lowest BCUT2D eigenvalue weighted by molar-refractivity contribution is -0.119. The van der Waals surface area contributed by atoms with Crippen LogP contribution in [0.2, 0.25) is 0 Å². The molecule has 2 rings (SSSR count). The van der Waals surface area contributed by atoms with Crippen molar-refractivity contribution in [2.75, 3.05) is 0 Å². The molecule has 0 aliphatic heterocycles. The fourth-order valence-electron chi connectivity index (χ4n) is 4.11. The van der Waals surface area contributed by atoms with Crippen LogP contribution in [0.1, 0.15) is 89.5 Å². The summed E-state index contributed by atoms with van der Waals surface area (Å²) in [7, 11) is 0. The molecule has 1 aromatic rings. The highest BCUT2D eigenvalue weighted by atomic mass is 19.1. The Morgan fingerprint density at radius 3 is 2.19 bits per heavy atom. The number of phenols is 1. The Labute approximate surface area is 157 Å². The number of carbonyl (C=O) groups excluding carboxylic acids is 1. The molecule has 1 unspecified atom stereocenters. The Morgan fingerprint density at radius 2 is 1.73 bits per heavy atom. The van der Waals surface area contributed by atoms with Crippen LogP contribution < -0.4 is 0 Å². The van der Waals surface area contributed by atoms with Gasteiger partial charge in [0.1, 0.15) is 5.75 Å². The third-order valence-corrected chi connectivity index (χ3v) is 5.49. The molecule has 0 fully saturated rings. The maximum atomic E-state index is 13.8. The molecule has 0 spiro atoms.